The zero-order valence-electron chi connectivity index (χ0n) is 22.3. The van der Waals surface area contributed by atoms with E-state index >= 15 is 0 Å². The van der Waals surface area contributed by atoms with Crippen LogP contribution in [-0.4, -0.2) is 61.4 Å². The van der Waals surface area contributed by atoms with Gasteiger partial charge in [-0.25, -0.2) is 17.5 Å². The van der Waals surface area contributed by atoms with Gasteiger partial charge in [-0.3, -0.25) is 14.7 Å². The average molecular weight is 530 g/mol. The summed E-state index contributed by atoms with van der Waals surface area (Å²) in [4.78, 5) is 30.8. The standard InChI is InChI=1S/C27H39N5O4S/c1-16-5-7-19(8-6-16)24-29-25(33)27(30-24)9-11-32(12-10-27)37(35,36)22-15-21(22)23-17(2)13-20(14-18(23)3)31(4)26(28)34/h13-14,16,19,21-22H,5-12,15H2,1-4H3,(H2,28,34)(H,29,30,33). The van der Waals surface area contributed by atoms with Crippen molar-refractivity contribution in [3.05, 3.63) is 28.8 Å². The van der Waals surface area contributed by atoms with E-state index in [0.717, 1.165) is 54.1 Å². The molecule has 4 aliphatic rings. The number of nitrogens with zero attached hydrogens (tertiary/aromatic N) is 3. The number of amidine groups is 1. The zero-order chi connectivity index (χ0) is 26.7. The Morgan fingerprint density at radius 1 is 1.14 bits per heavy atom. The van der Waals surface area contributed by atoms with Gasteiger partial charge < -0.3 is 11.1 Å². The molecule has 0 radical (unpaired) electrons. The molecule has 3 fully saturated rings. The summed E-state index contributed by atoms with van der Waals surface area (Å²) in [5.74, 6) is 1.74. The average Bonchev–Trinajstić information content (AvgIpc) is 3.58. The molecule has 2 saturated carbocycles. The maximum atomic E-state index is 13.6. The third-order valence-corrected chi connectivity index (χ3v) is 11.5. The van der Waals surface area contributed by atoms with Crippen LogP contribution >= 0.6 is 0 Å². The number of hydrogen-bond acceptors (Lipinski definition) is 5. The van der Waals surface area contributed by atoms with Crippen LogP contribution in [0.1, 0.15) is 74.5 Å². The van der Waals surface area contributed by atoms with E-state index in [9.17, 15) is 18.0 Å². The number of aryl methyl sites for hydroxylation is 2. The van der Waals surface area contributed by atoms with Crippen LogP contribution < -0.4 is 16.0 Å². The summed E-state index contributed by atoms with van der Waals surface area (Å²) in [6.07, 6.45) is 5.86. The first kappa shape index (κ1) is 26.2. The largest absolute Gasteiger partial charge is 0.351 e. The second-order valence-corrected chi connectivity index (χ2v) is 13.8. The minimum Gasteiger partial charge on any atom is -0.351 e. The number of rotatable bonds is 5. The van der Waals surface area contributed by atoms with E-state index < -0.39 is 26.8 Å². The number of aliphatic imine (C=N–C) groups is 1. The van der Waals surface area contributed by atoms with E-state index in [-0.39, 0.29) is 11.8 Å². The highest BCUT2D eigenvalue weighted by molar-refractivity contribution is 7.90. The summed E-state index contributed by atoms with van der Waals surface area (Å²) in [6, 6.07) is 3.24. The molecular weight excluding hydrogens is 490 g/mol. The van der Waals surface area contributed by atoms with Crippen LogP contribution in [0.2, 0.25) is 0 Å². The Bertz CT molecular complexity index is 1220. The van der Waals surface area contributed by atoms with Gasteiger partial charge in [-0.15, -0.1) is 0 Å². The van der Waals surface area contributed by atoms with Crippen molar-refractivity contribution in [1.82, 2.24) is 9.62 Å². The molecule has 2 aliphatic carbocycles. The molecule has 1 saturated heterocycles. The van der Waals surface area contributed by atoms with Crippen LogP contribution in [0.4, 0.5) is 10.5 Å². The van der Waals surface area contributed by atoms with Crippen LogP contribution in [0, 0.1) is 25.7 Å². The van der Waals surface area contributed by atoms with Crippen LogP contribution in [-0.2, 0) is 14.8 Å². The van der Waals surface area contributed by atoms with Crippen molar-refractivity contribution in [2.45, 2.75) is 82.4 Å². The summed E-state index contributed by atoms with van der Waals surface area (Å²) in [7, 11) is -1.87. The van der Waals surface area contributed by atoms with Crippen molar-refractivity contribution in [3.63, 3.8) is 0 Å². The molecule has 37 heavy (non-hydrogen) atoms. The van der Waals surface area contributed by atoms with E-state index in [1.807, 2.05) is 26.0 Å². The highest BCUT2D eigenvalue weighted by Gasteiger charge is 2.54. The second-order valence-electron chi connectivity index (χ2n) is 11.7. The Hall–Kier alpha value is -2.46. The lowest BCUT2D eigenvalue weighted by atomic mass is 9.82. The minimum absolute atomic E-state index is 0.0604. The monoisotopic (exact) mass is 529 g/mol. The number of benzene rings is 1. The van der Waals surface area contributed by atoms with Crippen molar-refractivity contribution < 1.29 is 18.0 Å². The Morgan fingerprint density at radius 3 is 2.30 bits per heavy atom. The Kier molecular flexibility index (Phi) is 6.63. The number of hydrogen-bond donors (Lipinski definition) is 2. The molecule has 1 aromatic rings. The fourth-order valence-electron chi connectivity index (χ4n) is 6.57. The number of piperidine rings is 1. The third kappa shape index (κ3) is 4.67. The summed E-state index contributed by atoms with van der Waals surface area (Å²) in [5.41, 5.74) is 8.26. The molecule has 10 heteroatoms. The number of nitrogens with two attached hydrogens (primary N) is 1. The van der Waals surface area contributed by atoms with Gasteiger partial charge in [0.2, 0.25) is 10.0 Å². The summed E-state index contributed by atoms with van der Waals surface area (Å²) in [5, 5.41) is 2.60. The van der Waals surface area contributed by atoms with E-state index in [1.165, 1.54) is 4.90 Å². The molecule has 2 atom stereocenters. The van der Waals surface area contributed by atoms with Crippen LogP contribution in [0.3, 0.4) is 0 Å². The highest BCUT2D eigenvalue weighted by Crippen LogP contribution is 2.50. The number of carbonyl (C=O) groups is 2. The number of urea groups is 1. The molecule has 3 amide bonds. The zero-order valence-corrected chi connectivity index (χ0v) is 23.1. The smallest absolute Gasteiger partial charge is 0.318 e. The Morgan fingerprint density at radius 2 is 1.73 bits per heavy atom. The molecule has 3 N–H and O–H groups in total. The molecule has 2 unspecified atom stereocenters. The molecule has 9 nitrogen and oxygen atoms in total. The summed E-state index contributed by atoms with van der Waals surface area (Å²) >= 11 is 0. The maximum absolute atomic E-state index is 13.6. The molecule has 2 heterocycles. The molecule has 0 bridgehead atoms. The summed E-state index contributed by atoms with van der Waals surface area (Å²) in [6.45, 7) is 6.81. The van der Waals surface area contributed by atoms with Crippen molar-refractivity contribution >= 4 is 33.5 Å². The third-order valence-electron chi connectivity index (χ3n) is 9.09. The number of primary amides is 1. The van der Waals surface area contributed by atoms with E-state index in [0.29, 0.717) is 44.0 Å². The van der Waals surface area contributed by atoms with E-state index in [1.54, 1.807) is 11.4 Å². The summed E-state index contributed by atoms with van der Waals surface area (Å²) < 4.78 is 28.7. The van der Waals surface area contributed by atoms with Gasteiger partial charge in [0.1, 0.15) is 11.4 Å². The van der Waals surface area contributed by atoms with Crippen molar-refractivity contribution in [2.75, 3.05) is 25.0 Å². The van der Waals surface area contributed by atoms with E-state index in [4.69, 9.17) is 10.7 Å². The quantitative estimate of drug-likeness (QED) is 0.608. The maximum Gasteiger partial charge on any atom is 0.318 e. The number of amides is 3. The lowest BCUT2D eigenvalue weighted by Crippen LogP contribution is -2.51. The predicted molar refractivity (Wildman–Crippen MR) is 144 cm³/mol. The van der Waals surface area contributed by atoms with Crippen LogP contribution in [0.5, 0.6) is 0 Å². The Balaban J connectivity index is 1.26. The Labute approximate surface area is 219 Å². The minimum atomic E-state index is -3.49. The van der Waals surface area contributed by atoms with Gasteiger partial charge in [-0.1, -0.05) is 19.8 Å². The van der Waals surface area contributed by atoms with Crippen LogP contribution in [0.25, 0.3) is 0 Å². The molecule has 202 valence electrons. The number of sulfonamides is 1. The first-order valence-corrected chi connectivity index (χ1v) is 15.0. The molecule has 2 aliphatic heterocycles. The lowest BCUT2D eigenvalue weighted by molar-refractivity contribution is -0.125. The fourth-order valence-corrected chi connectivity index (χ4v) is 8.65. The van der Waals surface area contributed by atoms with Gasteiger partial charge >= 0.3 is 6.03 Å². The number of nitrogens with one attached hydrogen (secondary N) is 1. The molecular formula is C27H39N5O4S. The van der Waals surface area contributed by atoms with Crippen molar-refractivity contribution in [3.8, 4) is 0 Å². The first-order chi connectivity index (χ1) is 17.4. The van der Waals surface area contributed by atoms with Gasteiger partial charge in [0.05, 0.1) is 5.25 Å². The van der Waals surface area contributed by atoms with Crippen molar-refractivity contribution in [2.24, 2.45) is 22.6 Å². The molecule has 1 spiro atoms. The van der Waals surface area contributed by atoms with E-state index in [2.05, 4.69) is 12.2 Å². The normalized spacial score (nSPS) is 29.6. The van der Waals surface area contributed by atoms with Gasteiger partial charge in [-0.2, -0.15) is 0 Å². The molecule has 1 aromatic carbocycles. The van der Waals surface area contributed by atoms with Crippen molar-refractivity contribution in [1.29, 1.82) is 0 Å². The number of carbonyl (C=O) groups excluding carboxylic acids is 2. The highest BCUT2D eigenvalue weighted by atomic mass is 32.2. The van der Waals surface area contributed by atoms with Gasteiger partial charge in [-0.05, 0) is 80.7 Å². The lowest BCUT2D eigenvalue weighted by Gasteiger charge is -2.35. The first-order valence-electron chi connectivity index (χ1n) is 13.5. The van der Waals surface area contributed by atoms with Gasteiger partial charge in [0.15, 0.2) is 0 Å². The van der Waals surface area contributed by atoms with Gasteiger partial charge in [0.25, 0.3) is 5.91 Å². The number of anilines is 1. The topological polar surface area (TPSA) is 125 Å². The van der Waals surface area contributed by atoms with Gasteiger partial charge in [0, 0.05) is 37.7 Å². The molecule has 0 aromatic heterocycles. The molecule has 5 rings (SSSR count). The predicted octanol–water partition coefficient (Wildman–Crippen LogP) is 3.19. The van der Waals surface area contributed by atoms with Crippen LogP contribution in [0.15, 0.2) is 17.1 Å². The SMILES string of the molecule is Cc1cc(N(C)C(N)=O)cc(C)c1C1CC1S(=O)(=O)N1CCC2(CC1)N=C(C1CCC(C)CC1)NC2=O. The fraction of sp³-hybridized carbons (Fsp3) is 0.667. The second kappa shape index (κ2) is 9.38.